The molecule has 0 radical (unpaired) electrons. The smallest absolute Gasteiger partial charge is 0.378 e. The normalized spacial score (nSPS) is 19.8. The topological polar surface area (TPSA) is 85.2 Å². The Hall–Kier alpha value is -2.05. The number of aliphatic hydroxyl groups is 2. The average molecular weight is 280 g/mol. The minimum atomic E-state index is -1.24. The molecule has 6 nitrogen and oxygen atoms in total. The second-order valence-electron chi connectivity index (χ2n) is 4.25. The van der Waals surface area contributed by atoms with Gasteiger partial charge in [-0.15, -0.1) is 0 Å². The summed E-state index contributed by atoms with van der Waals surface area (Å²) < 4.78 is 15.4. The minimum Gasteiger partial charge on any atom is -0.493 e. The highest BCUT2D eigenvalue weighted by Gasteiger charge is 2.41. The molecule has 2 rings (SSSR count). The third-order valence-corrected chi connectivity index (χ3v) is 2.88. The summed E-state index contributed by atoms with van der Waals surface area (Å²) in [4.78, 5) is 11.7. The van der Waals surface area contributed by atoms with Gasteiger partial charge in [0.15, 0.2) is 11.9 Å². The Morgan fingerprint density at radius 2 is 2.05 bits per heavy atom. The van der Waals surface area contributed by atoms with E-state index in [-0.39, 0.29) is 18.1 Å². The third kappa shape index (κ3) is 2.92. The van der Waals surface area contributed by atoms with E-state index in [4.69, 9.17) is 19.3 Å². The second-order valence-corrected chi connectivity index (χ2v) is 4.25. The first kappa shape index (κ1) is 14.4. The summed E-state index contributed by atoms with van der Waals surface area (Å²) in [6.07, 6.45) is -2.28. The summed E-state index contributed by atoms with van der Waals surface area (Å²) in [6.45, 7) is -0.364. The molecular weight excluding hydrogens is 264 g/mol. The zero-order valence-corrected chi connectivity index (χ0v) is 11.0. The van der Waals surface area contributed by atoms with Crippen LogP contribution in [0.3, 0.4) is 0 Å². The van der Waals surface area contributed by atoms with E-state index in [0.717, 1.165) is 5.56 Å². The van der Waals surface area contributed by atoms with Gasteiger partial charge in [0.25, 0.3) is 0 Å². The number of hydrogen-bond donors (Lipinski definition) is 2. The molecule has 6 heteroatoms. The van der Waals surface area contributed by atoms with Crippen LogP contribution < -0.4 is 0 Å². The van der Waals surface area contributed by atoms with Crippen molar-refractivity contribution in [3.63, 3.8) is 0 Å². The van der Waals surface area contributed by atoms with Crippen LogP contribution in [0.2, 0.25) is 0 Å². The molecule has 0 aromatic heterocycles. The highest BCUT2D eigenvalue weighted by atomic mass is 16.6. The number of esters is 1. The van der Waals surface area contributed by atoms with Crippen molar-refractivity contribution in [3.8, 4) is 0 Å². The molecule has 1 heterocycles. The number of benzene rings is 1. The van der Waals surface area contributed by atoms with Crippen molar-refractivity contribution in [3.05, 3.63) is 47.4 Å². The lowest BCUT2D eigenvalue weighted by molar-refractivity contribution is -0.148. The van der Waals surface area contributed by atoms with Crippen LogP contribution in [0.25, 0.3) is 0 Å². The summed E-state index contributed by atoms with van der Waals surface area (Å²) in [5.41, 5.74) is 0.884. The standard InChI is InChI=1S/C14H16O6/c1-18-12-11(10(16)7-15)20-14(17)13(12)19-8-9-5-3-2-4-6-9/h2-6,10-11,15-16H,7-8H2,1H3/t10-,11-/m0/s1. The molecular formula is C14H16O6. The van der Waals surface area contributed by atoms with E-state index >= 15 is 0 Å². The van der Waals surface area contributed by atoms with Crippen LogP contribution in [0, 0.1) is 0 Å². The van der Waals surface area contributed by atoms with Gasteiger partial charge >= 0.3 is 5.97 Å². The predicted molar refractivity (Wildman–Crippen MR) is 68.2 cm³/mol. The van der Waals surface area contributed by atoms with Crippen molar-refractivity contribution in [1.82, 2.24) is 0 Å². The van der Waals surface area contributed by atoms with E-state index in [1.165, 1.54) is 7.11 Å². The molecule has 0 unspecified atom stereocenters. The number of carbonyl (C=O) groups is 1. The number of carbonyl (C=O) groups excluding carboxylic acids is 1. The van der Waals surface area contributed by atoms with E-state index in [1.807, 2.05) is 30.3 Å². The Bertz CT molecular complexity index is 496. The quantitative estimate of drug-likeness (QED) is 0.731. The molecule has 0 amide bonds. The molecule has 0 saturated carbocycles. The van der Waals surface area contributed by atoms with Crippen molar-refractivity contribution in [2.24, 2.45) is 0 Å². The summed E-state index contributed by atoms with van der Waals surface area (Å²) in [5, 5.41) is 18.5. The maximum Gasteiger partial charge on any atom is 0.378 e. The largest absolute Gasteiger partial charge is 0.493 e. The molecule has 1 aliphatic heterocycles. The van der Waals surface area contributed by atoms with Gasteiger partial charge in [0, 0.05) is 0 Å². The third-order valence-electron chi connectivity index (χ3n) is 2.88. The fourth-order valence-electron chi connectivity index (χ4n) is 1.87. The van der Waals surface area contributed by atoms with Crippen LogP contribution in [-0.2, 0) is 25.6 Å². The summed E-state index contributed by atoms with van der Waals surface area (Å²) in [6, 6.07) is 9.30. The van der Waals surface area contributed by atoms with Crippen molar-refractivity contribution in [1.29, 1.82) is 0 Å². The minimum absolute atomic E-state index is 0.0751. The summed E-state index contributed by atoms with van der Waals surface area (Å²) in [7, 11) is 1.35. The maximum atomic E-state index is 11.7. The molecule has 20 heavy (non-hydrogen) atoms. The average Bonchev–Trinajstić information content (AvgIpc) is 2.81. The van der Waals surface area contributed by atoms with Crippen molar-refractivity contribution < 1.29 is 29.2 Å². The van der Waals surface area contributed by atoms with Gasteiger partial charge in [0.05, 0.1) is 13.7 Å². The lowest BCUT2D eigenvalue weighted by Gasteiger charge is -2.16. The first-order valence-electron chi connectivity index (χ1n) is 6.12. The van der Waals surface area contributed by atoms with Crippen LogP contribution in [0.15, 0.2) is 41.9 Å². The van der Waals surface area contributed by atoms with Crippen LogP contribution in [0.4, 0.5) is 0 Å². The van der Waals surface area contributed by atoms with E-state index in [0.29, 0.717) is 0 Å². The summed E-state index contributed by atoms with van der Waals surface area (Å²) in [5.74, 6) is -0.698. The van der Waals surface area contributed by atoms with Gasteiger partial charge in [-0.05, 0) is 5.56 Å². The molecule has 1 aromatic rings. The van der Waals surface area contributed by atoms with Gasteiger partial charge in [-0.25, -0.2) is 4.79 Å². The fourth-order valence-corrected chi connectivity index (χ4v) is 1.87. The summed E-state index contributed by atoms with van der Waals surface area (Å²) >= 11 is 0. The maximum absolute atomic E-state index is 11.7. The Labute approximate surface area is 116 Å². The molecule has 0 bridgehead atoms. The Balaban J connectivity index is 2.12. The zero-order valence-electron chi connectivity index (χ0n) is 11.0. The van der Waals surface area contributed by atoms with Gasteiger partial charge in [0.2, 0.25) is 5.76 Å². The Kier molecular flexibility index (Phi) is 4.60. The van der Waals surface area contributed by atoms with Gasteiger partial charge in [-0.2, -0.15) is 0 Å². The fraction of sp³-hybridized carbons (Fsp3) is 0.357. The van der Waals surface area contributed by atoms with Crippen LogP contribution >= 0.6 is 0 Å². The molecule has 1 aliphatic rings. The first-order valence-corrected chi connectivity index (χ1v) is 6.12. The van der Waals surface area contributed by atoms with Gasteiger partial charge < -0.3 is 24.4 Å². The number of ether oxygens (including phenoxy) is 3. The molecule has 2 N–H and O–H groups in total. The predicted octanol–water partition coefficient (Wildman–Crippen LogP) is 0.340. The molecule has 0 fully saturated rings. The SMILES string of the molecule is COC1=C(OCc2ccccc2)C(=O)O[C@H]1[C@@H](O)CO. The molecule has 1 aromatic carbocycles. The molecule has 0 saturated heterocycles. The van der Waals surface area contributed by atoms with Gasteiger partial charge in [-0.3, -0.25) is 0 Å². The Morgan fingerprint density at radius 3 is 2.65 bits per heavy atom. The van der Waals surface area contributed by atoms with Crippen LogP contribution in [-0.4, -0.2) is 42.1 Å². The van der Waals surface area contributed by atoms with Crippen LogP contribution in [0.1, 0.15) is 5.56 Å². The monoisotopic (exact) mass is 280 g/mol. The number of aliphatic hydroxyl groups excluding tert-OH is 2. The van der Waals surface area contributed by atoms with Gasteiger partial charge in [-0.1, -0.05) is 30.3 Å². The van der Waals surface area contributed by atoms with Crippen molar-refractivity contribution in [2.75, 3.05) is 13.7 Å². The molecule has 108 valence electrons. The Morgan fingerprint density at radius 1 is 1.35 bits per heavy atom. The van der Waals surface area contributed by atoms with Gasteiger partial charge in [0.1, 0.15) is 12.7 Å². The van der Waals surface area contributed by atoms with E-state index in [1.54, 1.807) is 0 Å². The lowest BCUT2D eigenvalue weighted by Crippen LogP contribution is -2.32. The number of methoxy groups -OCH3 is 1. The highest BCUT2D eigenvalue weighted by molar-refractivity contribution is 5.89. The van der Waals surface area contributed by atoms with E-state index in [9.17, 15) is 9.90 Å². The van der Waals surface area contributed by atoms with E-state index < -0.39 is 24.8 Å². The number of cyclic esters (lactones) is 1. The number of rotatable bonds is 6. The molecule has 2 atom stereocenters. The highest BCUT2D eigenvalue weighted by Crippen LogP contribution is 2.27. The zero-order chi connectivity index (χ0) is 14.5. The van der Waals surface area contributed by atoms with Crippen LogP contribution in [0.5, 0.6) is 0 Å². The molecule has 0 spiro atoms. The lowest BCUT2D eigenvalue weighted by atomic mass is 10.2. The second kappa shape index (κ2) is 6.40. The first-order chi connectivity index (χ1) is 9.67. The van der Waals surface area contributed by atoms with E-state index in [2.05, 4.69) is 0 Å². The number of hydrogen-bond acceptors (Lipinski definition) is 6. The van der Waals surface area contributed by atoms with Crippen molar-refractivity contribution in [2.45, 2.75) is 18.8 Å². The molecule has 0 aliphatic carbocycles. The van der Waals surface area contributed by atoms with Crippen molar-refractivity contribution >= 4 is 5.97 Å².